The van der Waals surface area contributed by atoms with Crippen LogP contribution in [0.5, 0.6) is 0 Å². The molecule has 0 radical (unpaired) electrons. The van der Waals surface area contributed by atoms with Crippen LogP contribution in [0.25, 0.3) is 0 Å². The maximum Gasteiger partial charge on any atom is 0.0421 e. The first-order chi connectivity index (χ1) is 4.72. The second-order valence-corrected chi connectivity index (χ2v) is 2.60. The van der Waals surface area contributed by atoms with E-state index >= 15 is 0 Å². The van der Waals surface area contributed by atoms with Gasteiger partial charge in [-0.25, -0.2) is 0 Å². The Kier molecular flexibility index (Phi) is 1.99. The van der Waals surface area contributed by atoms with Crippen LogP contribution in [0.1, 0.15) is 11.1 Å². The fraction of sp³-hybridized carbons (Fsp3) is 0.111. The second-order valence-electron chi connectivity index (χ2n) is 2.16. The minimum atomic E-state index is 0.702. The van der Waals surface area contributed by atoms with Crippen molar-refractivity contribution >= 4 is 11.6 Å². The molecule has 0 aliphatic heterocycles. The molecule has 0 atom stereocenters. The van der Waals surface area contributed by atoms with Crippen molar-refractivity contribution in [1.29, 1.82) is 0 Å². The van der Waals surface area contributed by atoms with Crippen molar-refractivity contribution < 1.29 is 0 Å². The van der Waals surface area contributed by atoms with Gasteiger partial charge in [0.25, 0.3) is 0 Å². The van der Waals surface area contributed by atoms with Crippen LogP contribution >= 0.6 is 11.6 Å². The Morgan fingerprint density at radius 3 is 2.60 bits per heavy atom. The summed E-state index contributed by atoms with van der Waals surface area (Å²) in [4.78, 5) is 0. The molecule has 1 aromatic carbocycles. The number of halogens is 1. The molecule has 0 nitrogen and oxygen atoms in total. The second kappa shape index (κ2) is 2.77. The van der Waals surface area contributed by atoms with E-state index in [0.29, 0.717) is 5.02 Å². The maximum atomic E-state index is 5.73. The minimum absolute atomic E-state index is 0.702. The number of benzene rings is 1. The molecule has 10 heavy (non-hydrogen) atoms. The lowest BCUT2D eigenvalue weighted by Gasteiger charge is -1.94. The quantitative estimate of drug-likeness (QED) is 0.499. The van der Waals surface area contributed by atoms with E-state index in [1.165, 1.54) is 0 Å². The van der Waals surface area contributed by atoms with Crippen molar-refractivity contribution in [2.75, 3.05) is 0 Å². The van der Waals surface area contributed by atoms with Crippen LogP contribution in [0.3, 0.4) is 0 Å². The highest BCUT2D eigenvalue weighted by Crippen LogP contribution is 2.13. The van der Waals surface area contributed by atoms with Crippen molar-refractivity contribution in [1.82, 2.24) is 0 Å². The topological polar surface area (TPSA) is 0 Å². The van der Waals surface area contributed by atoms with Crippen LogP contribution in [0.15, 0.2) is 18.2 Å². The SMILES string of the molecule is C#Cc1cc(C)cc(Cl)c1. The summed E-state index contributed by atoms with van der Waals surface area (Å²) in [6.45, 7) is 1.96. The number of aryl methyl sites for hydroxylation is 1. The molecular weight excluding hydrogens is 144 g/mol. The standard InChI is InChI=1S/C9H7Cl/c1-3-8-4-7(2)5-9(10)6-8/h1,4-6H,2H3. The van der Waals surface area contributed by atoms with Gasteiger partial charge in [-0.1, -0.05) is 17.5 Å². The van der Waals surface area contributed by atoms with Gasteiger partial charge in [0.2, 0.25) is 0 Å². The van der Waals surface area contributed by atoms with Gasteiger partial charge in [0, 0.05) is 10.6 Å². The van der Waals surface area contributed by atoms with E-state index in [9.17, 15) is 0 Å². The number of rotatable bonds is 0. The number of terminal acetylenes is 1. The van der Waals surface area contributed by atoms with Crippen molar-refractivity contribution in [2.24, 2.45) is 0 Å². The Labute approximate surface area is 65.8 Å². The van der Waals surface area contributed by atoms with Crippen LogP contribution in [0.4, 0.5) is 0 Å². The Morgan fingerprint density at radius 2 is 2.10 bits per heavy atom. The predicted molar refractivity (Wildman–Crippen MR) is 44.1 cm³/mol. The lowest BCUT2D eigenvalue weighted by atomic mass is 10.1. The third kappa shape index (κ3) is 1.52. The zero-order valence-electron chi connectivity index (χ0n) is 5.69. The highest BCUT2D eigenvalue weighted by molar-refractivity contribution is 6.30. The van der Waals surface area contributed by atoms with E-state index < -0.39 is 0 Å². The molecule has 0 spiro atoms. The van der Waals surface area contributed by atoms with Crippen molar-refractivity contribution in [3.63, 3.8) is 0 Å². The van der Waals surface area contributed by atoms with E-state index in [1.54, 1.807) is 6.07 Å². The first kappa shape index (κ1) is 7.18. The lowest BCUT2D eigenvalue weighted by Crippen LogP contribution is -1.76. The highest BCUT2D eigenvalue weighted by atomic mass is 35.5. The molecule has 0 aromatic heterocycles. The summed E-state index contributed by atoms with van der Waals surface area (Å²) in [5, 5.41) is 0.702. The van der Waals surface area contributed by atoms with Gasteiger partial charge in [0.15, 0.2) is 0 Å². The van der Waals surface area contributed by atoms with Gasteiger partial charge in [-0.2, -0.15) is 0 Å². The summed E-state index contributed by atoms with van der Waals surface area (Å²) < 4.78 is 0. The predicted octanol–water partition coefficient (Wildman–Crippen LogP) is 2.63. The minimum Gasteiger partial charge on any atom is -0.115 e. The van der Waals surface area contributed by atoms with E-state index in [0.717, 1.165) is 11.1 Å². The number of hydrogen-bond acceptors (Lipinski definition) is 0. The summed E-state index contributed by atoms with van der Waals surface area (Å²) in [7, 11) is 0. The molecule has 1 rings (SSSR count). The van der Waals surface area contributed by atoms with Crippen molar-refractivity contribution in [3.8, 4) is 12.3 Å². The lowest BCUT2D eigenvalue weighted by molar-refractivity contribution is 1.46. The molecule has 0 saturated carbocycles. The Balaban J connectivity index is 3.22. The summed E-state index contributed by atoms with van der Waals surface area (Å²) in [6, 6.07) is 5.57. The van der Waals surface area contributed by atoms with Crippen LogP contribution in [-0.4, -0.2) is 0 Å². The van der Waals surface area contributed by atoms with Gasteiger partial charge in [-0.3, -0.25) is 0 Å². The van der Waals surface area contributed by atoms with Crippen LogP contribution in [-0.2, 0) is 0 Å². The van der Waals surface area contributed by atoms with E-state index in [4.69, 9.17) is 18.0 Å². The first-order valence-electron chi connectivity index (χ1n) is 2.96. The molecule has 1 aromatic rings. The molecule has 0 saturated heterocycles. The van der Waals surface area contributed by atoms with Crippen LogP contribution in [0, 0.1) is 19.3 Å². The molecule has 0 fully saturated rings. The Morgan fingerprint density at radius 1 is 1.40 bits per heavy atom. The first-order valence-corrected chi connectivity index (χ1v) is 3.34. The third-order valence-corrected chi connectivity index (χ3v) is 1.43. The van der Waals surface area contributed by atoms with Crippen molar-refractivity contribution in [2.45, 2.75) is 6.92 Å². The highest BCUT2D eigenvalue weighted by Gasteiger charge is 1.91. The monoisotopic (exact) mass is 150 g/mol. The zero-order valence-corrected chi connectivity index (χ0v) is 6.44. The summed E-state index contributed by atoms with van der Waals surface area (Å²) in [5.41, 5.74) is 1.94. The molecule has 0 aliphatic rings. The number of hydrogen-bond donors (Lipinski definition) is 0. The molecule has 0 N–H and O–H groups in total. The molecular formula is C9H7Cl. The van der Waals surface area contributed by atoms with Gasteiger partial charge in [0.05, 0.1) is 0 Å². The third-order valence-electron chi connectivity index (χ3n) is 1.21. The molecule has 50 valence electrons. The van der Waals surface area contributed by atoms with Crippen LogP contribution < -0.4 is 0 Å². The maximum absolute atomic E-state index is 5.73. The average molecular weight is 151 g/mol. The zero-order chi connectivity index (χ0) is 7.56. The van der Waals surface area contributed by atoms with E-state index in [-0.39, 0.29) is 0 Å². The molecule has 0 aliphatic carbocycles. The summed E-state index contributed by atoms with van der Waals surface area (Å²) >= 11 is 5.73. The normalized spacial score (nSPS) is 8.90. The molecule has 0 amide bonds. The Bertz CT molecular complexity index is 261. The largest absolute Gasteiger partial charge is 0.115 e. The van der Waals surface area contributed by atoms with Gasteiger partial charge < -0.3 is 0 Å². The van der Waals surface area contributed by atoms with Gasteiger partial charge in [0.1, 0.15) is 0 Å². The molecule has 0 heterocycles. The summed E-state index contributed by atoms with van der Waals surface area (Å²) in [6.07, 6.45) is 5.18. The van der Waals surface area contributed by atoms with Crippen molar-refractivity contribution in [3.05, 3.63) is 34.3 Å². The molecule has 1 heteroatoms. The van der Waals surface area contributed by atoms with E-state index in [1.807, 2.05) is 19.1 Å². The molecule has 0 bridgehead atoms. The van der Waals surface area contributed by atoms with Gasteiger partial charge in [-0.15, -0.1) is 6.42 Å². The fourth-order valence-corrected chi connectivity index (χ4v) is 1.11. The fourth-order valence-electron chi connectivity index (χ4n) is 0.820. The van der Waals surface area contributed by atoms with E-state index in [2.05, 4.69) is 5.92 Å². The summed E-state index contributed by atoms with van der Waals surface area (Å²) in [5.74, 6) is 2.52. The smallest absolute Gasteiger partial charge is 0.0421 e. The average Bonchev–Trinajstić information content (AvgIpc) is 1.85. The molecule has 0 unspecified atom stereocenters. The van der Waals surface area contributed by atoms with Gasteiger partial charge >= 0.3 is 0 Å². The Hall–Kier alpha value is -0.930. The van der Waals surface area contributed by atoms with Gasteiger partial charge in [-0.05, 0) is 30.7 Å². The van der Waals surface area contributed by atoms with Crippen LogP contribution in [0.2, 0.25) is 5.02 Å².